The molecule has 0 aliphatic rings. The van der Waals surface area contributed by atoms with Crippen LogP contribution in [0.4, 0.5) is 5.69 Å². The molecule has 0 bridgehead atoms. The van der Waals surface area contributed by atoms with Crippen molar-refractivity contribution in [3.63, 3.8) is 0 Å². The summed E-state index contributed by atoms with van der Waals surface area (Å²) >= 11 is 12.2. The predicted molar refractivity (Wildman–Crippen MR) is 147 cm³/mol. The lowest BCUT2D eigenvalue weighted by Gasteiger charge is -2.30. The molecule has 36 heavy (non-hydrogen) atoms. The lowest BCUT2D eigenvalue weighted by Crippen LogP contribution is -2.48. The molecule has 0 aromatic heterocycles. The van der Waals surface area contributed by atoms with Gasteiger partial charge in [0.25, 0.3) is 0 Å². The maximum Gasteiger partial charge on any atom is 0.242 e. The third kappa shape index (κ3) is 8.98. The lowest BCUT2D eigenvalue weighted by molar-refractivity contribution is -0.140. The van der Waals surface area contributed by atoms with Gasteiger partial charge in [0.05, 0.1) is 11.9 Å². The highest BCUT2D eigenvalue weighted by atomic mass is 35.5. The Morgan fingerprint density at radius 1 is 1.03 bits per heavy atom. The Bertz CT molecular complexity index is 1170. The second kappa shape index (κ2) is 13.3. The average Bonchev–Trinajstić information content (AvgIpc) is 2.79. The molecule has 0 saturated carbocycles. The molecule has 7 nitrogen and oxygen atoms in total. The minimum absolute atomic E-state index is 0.0635. The second-order valence-electron chi connectivity index (χ2n) is 9.34. The molecule has 10 heteroatoms. The highest BCUT2D eigenvalue weighted by Crippen LogP contribution is 2.27. The van der Waals surface area contributed by atoms with Crippen LogP contribution < -0.4 is 9.62 Å². The van der Waals surface area contributed by atoms with E-state index in [1.807, 2.05) is 19.9 Å². The maximum atomic E-state index is 13.3. The van der Waals surface area contributed by atoms with Gasteiger partial charge < -0.3 is 10.2 Å². The van der Waals surface area contributed by atoms with Crippen molar-refractivity contribution in [1.29, 1.82) is 0 Å². The molecule has 2 aromatic rings. The molecule has 0 radical (unpaired) electrons. The zero-order valence-corrected chi connectivity index (χ0v) is 23.8. The van der Waals surface area contributed by atoms with E-state index in [9.17, 15) is 18.0 Å². The Morgan fingerprint density at radius 2 is 1.69 bits per heavy atom. The van der Waals surface area contributed by atoms with Gasteiger partial charge in [0.1, 0.15) is 6.04 Å². The largest absolute Gasteiger partial charge is 0.354 e. The Morgan fingerprint density at radius 3 is 2.31 bits per heavy atom. The van der Waals surface area contributed by atoms with Crippen LogP contribution in [-0.4, -0.2) is 50.5 Å². The summed E-state index contributed by atoms with van der Waals surface area (Å²) in [7, 11) is -3.60. The normalized spacial score (nSPS) is 12.3. The zero-order valence-electron chi connectivity index (χ0n) is 21.4. The molecule has 0 spiro atoms. The molecule has 2 amide bonds. The van der Waals surface area contributed by atoms with Crippen molar-refractivity contribution in [2.75, 3.05) is 23.7 Å². The van der Waals surface area contributed by atoms with Crippen LogP contribution in [0.1, 0.15) is 44.7 Å². The number of anilines is 1. The maximum absolute atomic E-state index is 13.3. The lowest BCUT2D eigenvalue weighted by atomic mass is 10.1. The molecule has 1 atom stereocenters. The first-order valence-corrected chi connectivity index (χ1v) is 14.5. The number of amides is 2. The van der Waals surface area contributed by atoms with E-state index < -0.39 is 16.1 Å². The van der Waals surface area contributed by atoms with Crippen LogP contribution in [0.15, 0.2) is 42.5 Å². The molecule has 2 rings (SSSR count). The van der Waals surface area contributed by atoms with Gasteiger partial charge >= 0.3 is 0 Å². The molecule has 0 unspecified atom stereocenters. The van der Waals surface area contributed by atoms with Gasteiger partial charge in [-0.3, -0.25) is 13.9 Å². The molecule has 0 aliphatic carbocycles. The highest BCUT2D eigenvalue weighted by Gasteiger charge is 2.27. The quantitative estimate of drug-likeness (QED) is 0.397. The number of benzene rings is 2. The standard InChI is InChI=1S/C26H35Cl2N3O4S/c1-18(2)16-29-26(33)20(4)30(17-21-8-6-9-22(27)14-21)25(32)10-7-13-31(36(5,34)35)24-15-23(28)12-11-19(24)3/h6,8-9,11-12,14-15,18,20H,7,10,13,16-17H2,1-5H3,(H,29,33)/t20-/m1/s1. The molecule has 0 saturated heterocycles. The van der Waals surface area contributed by atoms with Gasteiger partial charge in [-0.15, -0.1) is 0 Å². The van der Waals surface area contributed by atoms with Crippen LogP contribution >= 0.6 is 23.2 Å². The van der Waals surface area contributed by atoms with Crippen LogP contribution in [-0.2, 0) is 26.2 Å². The van der Waals surface area contributed by atoms with Crippen molar-refractivity contribution in [2.24, 2.45) is 5.92 Å². The fourth-order valence-electron chi connectivity index (χ4n) is 3.70. The number of nitrogens with one attached hydrogen (secondary N) is 1. The number of carbonyl (C=O) groups is 2. The molecule has 2 aromatic carbocycles. The minimum Gasteiger partial charge on any atom is -0.354 e. The highest BCUT2D eigenvalue weighted by molar-refractivity contribution is 7.92. The smallest absolute Gasteiger partial charge is 0.242 e. The summed E-state index contributed by atoms with van der Waals surface area (Å²) in [5, 5.41) is 3.85. The van der Waals surface area contributed by atoms with E-state index in [0.717, 1.165) is 17.4 Å². The molecule has 0 fully saturated rings. The van der Waals surface area contributed by atoms with E-state index >= 15 is 0 Å². The third-order valence-electron chi connectivity index (χ3n) is 5.69. The Kier molecular flexibility index (Phi) is 11.1. The molecular formula is C26H35Cl2N3O4S. The van der Waals surface area contributed by atoms with Crippen molar-refractivity contribution in [2.45, 2.75) is 53.1 Å². The molecular weight excluding hydrogens is 521 g/mol. The number of halogens is 2. The van der Waals surface area contributed by atoms with E-state index in [1.54, 1.807) is 50.2 Å². The van der Waals surface area contributed by atoms with Gasteiger partial charge in [0.15, 0.2) is 0 Å². The molecule has 0 aliphatic heterocycles. The van der Waals surface area contributed by atoms with Crippen molar-refractivity contribution in [3.05, 3.63) is 63.6 Å². The van der Waals surface area contributed by atoms with Crippen molar-refractivity contribution in [3.8, 4) is 0 Å². The van der Waals surface area contributed by atoms with E-state index in [0.29, 0.717) is 22.3 Å². The van der Waals surface area contributed by atoms with Gasteiger partial charge in [0.2, 0.25) is 21.8 Å². The Labute approximate surface area is 224 Å². The molecule has 1 N–H and O–H groups in total. The summed E-state index contributed by atoms with van der Waals surface area (Å²) in [5.41, 5.74) is 2.04. The Hall–Kier alpha value is -2.29. The molecule has 198 valence electrons. The first-order valence-electron chi connectivity index (χ1n) is 11.8. The number of hydrogen-bond donors (Lipinski definition) is 1. The van der Waals surface area contributed by atoms with Gasteiger partial charge in [0, 0.05) is 36.1 Å². The SMILES string of the molecule is Cc1ccc(Cl)cc1N(CCCC(=O)N(Cc1cccc(Cl)c1)[C@H](C)C(=O)NCC(C)C)S(C)(=O)=O. The fraction of sp³-hybridized carbons (Fsp3) is 0.462. The Balaban J connectivity index is 2.19. The summed E-state index contributed by atoms with van der Waals surface area (Å²) in [5.74, 6) is -0.222. The molecule has 0 heterocycles. The van der Waals surface area contributed by atoms with Gasteiger partial charge in [-0.2, -0.15) is 0 Å². The number of aryl methyl sites for hydroxylation is 1. The van der Waals surface area contributed by atoms with Crippen molar-refractivity contribution >= 4 is 50.7 Å². The van der Waals surface area contributed by atoms with Crippen molar-refractivity contribution < 1.29 is 18.0 Å². The summed E-state index contributed by atoms with van der Waals surface area (Å²) in [6.07, 6.45) is 1.46. The van der Waals surface area contributed by atoms with Crippen LogP contribution in [0.3, 0.4) is 0 Å². The minimum atomic E-state index is -3.60. The second-order valence-corrected chi connectivity index (χ2v) is 12.1. The first kappa shape index (κ1) is 29.9. The number of sulfonamides is 1. The average molecular weight is 557 g/mol. The van der Waals surface area contributed by atoms with Crippen LogP contribution in [0.2, 0.25) is 10.0 Å². The van der Waals surface area contributed by atoms with E-state index in [1.165, 1.54) is 9.21 Å². The van der Waals surface area contributed by atoms with E-state index in [2.05, 4.69) is 5.32 Å². The number of rotatable bonds is 12. The number of nitrogens with zero attached hydrogens (tertiary/aromatic N) is 2. The van der Waals surface area contributed by atoms with Gasteiger partial charge in [-0.1, -0.05) is 55.2 Å². The monoisotopic (exact) mass is 555 g/mol. The van der Waals surface area contributed by atoms with Gasteiger partial charge in [-0.05, 0) is 61.6 Å². The summed E-state index contributed by atoms with van der Waals surface area (Å²) < 4.78 is 26.3. The number of hydrogen-bond acceptors (Lipinski definition) is 4. The first-order chi connectivity index (χ1) is 16.8. The van der Waals surface area contributed by atoms with E-state index in [4.69, 9.17) is 23.2 Å². The zero-order chi connectivity index (χ0) is 27.0. The van der Waals surface area contributed by atoms with E-state index in [-0.39, 0.29) is 43.7 Å². The fourth-order valence-corrected chi connectivity index (χ4v) is 5.09. The third-order valence-corrected chi connectivity index (χ3v) is 7.34. The van der Waals surface area contributed by atoms with Gasteiger partial charge in [-0.25, -0.2) is 8.42 Å². The summed E-state index contributed by atoms with van der Waals surface area (Å²) in [4.78, 5) is 27.6. The summed E-state index contributed by atoms with van der Waals surface area (Å²) in [6, 6.07) is 11.5. The van der Waals surface area contributed by atoms with Crippen LogP contribution in [0.5, 0.6) is 0 Å². The van der Waals surface area contributed by atoms with Crippen LogP contribution in [0, 0.1) is 12.8 Å². The number of carbonyl (C=O) groups excluding carboxylic acids is 2. The van der Waals surface area contributed by atoms with Crippen molar-refractivity contribution in [1.82, 2.24) is 10.2 Å². The topological polar surface area (TPSA) is 86.8 Å². The van der Waals surface area contributed by atoms with Crippen LogP contribution in [0.25, 0.3) is 0 Å². The summed E-state index contributed by atoms with van der Waals surface area (Å²) in [6.45, 7) is 8.30. The predicted octanol–water partition coefficient (Wildman–Crippen LogP) is 5.04.